The third-order valence-electron chi connectivity index (χ3n) is 4.97. The minimum Gasteiger partial charge on any atom is -0.302 e. The highest BCUT2D eigenvalue weighted by atomic mass is 35.5. The monoisotopic (exact) mass is 466 g/mol. The quantitative estimate of drug-likeness (QED) is 0.312. The van der Waals surface area contributed by atoms with Crippen LogP contribution in [-0.4, -0.2) is 10.9 Å². The Labute approximate surface area is 195 Å². The first-order chi connectivity index (χ1) is 15.1. The van der Waals surface area contributed by atoms with E-state index in [-0.39, 0.29) is 11.8 Å². The van der Waals surface area contributed by atoms with Crippen molar-refractivity contribution in [2.45, 2.75) is 18.8 Å². The first-order valence-electron chi connectivity index (χ1n) is 9.87. The summed E-state index contributed by atoms with van der Waals surface area (Å²) in [5, 5.41) is 4.84. The van der Waals surface area contributed by atoms with E-state index in [1.807, 2.05) is 42.5 Å². The number of hydrogen-bond donors (Lipinski definition) is 1. The van der Waals surface area contributed by atoms with Crippen LogP contribution in [0.15, 0.2) is 85.1 Å². The maximum atomic E-state index is 12.9. The van der Waals surface area contributed by atoms with Crippen molar-refractivity contribution in [3.63, 3.8) is 0 Å². The largest absolute Gasteiger partial charge is 0.302 e. The van der Waals surface area contributed by atoms with Gasteiger partial charge < -0.3 is 5.32 Å². The molecule has 0 unspecified atom stereocenters. The molecule has 0 radical (unpaired) electrons. The molecule has 31 heavy (non-hydrogen) atoms. The number of benzene rings is 3. The summed E-state index contributed by atoms with van der Waals surface area (Å²) in [6.07, 6.45) is 2.72. The number of nitrogens with one attached hydrogen (secondary N) is 1. The predicted molar refractivity (Wildman–Crippen MR) is 129 cm³/mol. The molecule has 3 aromatic carbocycles. The molecule has 0 aliphatic rings. The van der Waals surface area contributed by atoms with E-state index >= 15 is 0 Å². The lowest BCUT2D eigenvalue weighted by Crippen LogP contribution is -2.16. The smallest absolute Gasteiger partial charge is 0.227 e. The van der Waals surface area contributed by atoms with E-state index in [2.05, 4.69) is 34.6 Å². The van der Waals surface area contributed by atoms with Crippen LogP contribution < -0.4 is 5.32 Å². The summed E-state index contributed by atoms with van der Waals surface area (Å²) >= 11 is 13.8. The van der Waals surface area contributed by atoms with Crippen molar-refractivity contribution in [2.75, 3.05) is 5.32 Å². The van der Waals surface area contributed by atoms with Crippen LogP contribution in [0.1, 0.15) is 33.9 Å². The number of anilines is 1. The molecule has 0 spiro atoms. The summed E-state index contributed by atoms with van der Waals surface area (Å²) in [6.45, 7) is 0. The molecule has 1 aromatic heterocycles. The Hall–Kier alpha value is -2.66. The molecule has 0 bridgehead atoms. The van der Waals surface area contributed by atoms with E-state index in [1.54, 1.807) is 18.3 Å². The Bertz CT molecular complexity index is 1120. The van der Waals surface area contributed by atoms with Gasteiger partial charge in [-0.15, -0.1) is 11.3 Å². The Morgan fingerprint density at radius 3 is 2.23 bits per heavy atom. The van der Waals surface area contributed by atoms with Crippen molar-refractivity contribution in [1.29, 1.82) is 0 Å². The summed E-state index contributed by atoms with van der Waals surface area (Å²) in [4.78, 5) is 18.2. The van der Waals surface area contributed by atoms with Gasteiger partial charge in [0.05, 0.1) is 0 Å². The number of thiazole rings is 1. The standard InChI is InChI=1S/C25H20Cl2N2OS/c26-20-11-12-23(27)19(13-20)14-21-16-28-25(31-21)29-24(30)15-22(17-7-3-1-4-8-17)18-9-5-2-6-10-18/h1-13,16,22H,14-15H2,(H,28,29,30). The van der Waals surface area contributed by atoms with Gasteiger partial charge in [0, 0.05) is 39.9 Å². The van der Waals surface area contributed by atoms with Gasteiger partial charge in [0.15, 0.2) is 5.13 Å². The Morgan fingerprint density at radius 1 is 0.935 bits per heavy atom. The lowest BCUT2D eigenvalue weighted by molar-refractivity contribution is -0.116. The van der Waals surface area contributed by atoms with Crippen molar-refractivity contribution in [2.24, 2.45) is 0 Å². The number of carbonyl (C=O) groups is 1. The average molecular weight is 467 g/mol. The van der Waals surface area contributed by atoms with Crippen molar-refractivity contribution < 1.29 is 4.79 Å². The number of amides is 1. The molecule has 0 saturated heterocycles. The topological polar surface area (TPSA) is 42.0 Å². The predicted octanol–water partition coefficient (Wildman–Crippen LogP) is 7.20. The van der Waals surface area contributed by atoms with Crippen LogP contribution in [0.2, 0.25) is 10.0 Å². The van der Waals surface area contributed by atoms with Crippen LogP contribution in [0, 0.1) is 0 Å². The van der Waals surface area contributed by atoms with Crippen LogP contribution in [-0.2, 0) is 11.2 Å². The molecular weight excluding hydrogens is 447 g/mol. The van der Waals surface area contributed by atoms with Gasteiger partial charge in [-0.05, 0) is 34.9 Å². The zero-order valence-electron chi connectivity index (χ0n) is 16.6. The van der Waals surface area contributed by atoms with E-state index in [9.17, 15) is 4.79 Å². The zero-order chi connectivity index (χ0) is 21.6. The Kier molecular flexibility index (Phi) is 7.03. The summed E-state index contributed by atoms with van der Waals surface area (Å²) in [7, 11) is 0. The number of hydrogen-bond acceptors (Lipinski definition) is 3. The van der Waals surface area contributed by atoms with Crippen LogP contribution >= 0.6 is 34.5 Å². The summed E-state index contributed by atoms with van der Waals surface area (Å²) < 4.78 is 0. The molecule has 1 amide bonds. The van der Waals surface area contributed by atoms with Crippen LogP contribution in [0.3, 0.4) is 0 Å². The van der Waals surface area contributed by atoms with Gasteiger partial charge in [0.25, 0.3) is 0 Å². The Morgan fingerprint density at radius 2 is 1.58 bits per heavy atom. The molecule has 0 atom stereocenters. The summed E-state index contributed by atoms with van der Waals surface area (Å²) in [5.41, 5.74) is 3.16. The molecule has 0 aliphatic heterocycles. The molecule has 156 valence electrons. The van der Waals surface area contributed by atoms with E-state index in [0.29, 0.717) is 28.0 Å². The minimum absolute atomic E-state index is 0.0212. The molecule has 6 heteroatoms. The fourth-order valence-electron chi connectivity index (χ4n) is 3.47. The molecule has 3 nitrogen and oxygen atoms in total. The molecule has 1 N–H and O–H groups in total. The van der Waals surface area contributed by atoms with Crippen LogP contribution in [0.4, 0.5) is 5.13 Å². The maximum Gasteiger partial charge on any atom is 0.227 e. The van der Waals surface area contributed by atoms with Crippen LogP contribution in [0.5, 0.6) is 0 Å². The van der Waals surface area contributed by atoms with E-state index < -0.39 is 0 Å². The van der Waals surface area contributed by atoms with Gasteiger partial charge in [0.2, 0.25) is 5.91 Å². The number of carbonyl (C=O) groups excluding carboxylic acids is 1. The normalized spacial score (nSPS) is 10.9. The lowest BCUT2D eigenvalue weighted by Gasteiger charge is -2.17. The summed E-state index contributed by atoms with van der Waals surface area (Å²) in [6, 6.07) is 25.6. The zero-order valence-corrected chi connectivity index (χ0v) is 18.9. The first-order valence-corrected chi connectivity index (χ1v) is 11.4. The fourth-order valence-corrected chi connectivity index (χ4v) is 4.70. The van der Waals surface area contributed by atoms with Crippen molar-refractivity contribution in [3.8, 4) is 0 Å². The highest BCUT2D eigenvalue weighted by Crippen LogP contribution is 2.30. The molecule has 0 saturated carbocycles. The second-order valence-corrected chi connectivity index (χ2v) is 9.13. The molecule has 0 aliphatic carbocycles. The molecule has 4 aromatic rings. The van der Waals surface area contributed by atoms with Crippen molar-refractivity contribution >= 4 is 45.6 Å². The SMILES string of the molecule is O=C(CC(c1ccccc1)c1ccccc1)Nc1ncc(Cc2cc(Cl)ccc2Cl)s1. The highest BCUT2D eigenvalue weighted by molar-refractivity contribution is 7.15. The van der Waals surface area contributed by atoms with Crippen LogP contribution in [0.25, 0.3) is 0 Å². The van der Waals surface area contributed by atoms with E-state index in [4.69, 9.17) is 23.2 Å². The maximum absolute atomic E-state index is 12.9. The molecular formula is C25H20Cl2N2OS. The van der Waals surface area contributed by atoms with E-state index in [1.165, 1.54) is 11.3 Å². The van der Waals surface area contributed by atoms with Gasteiger partial charge in [-0.1, -0.05) is 83.9 Å². The number of halogens is 2. The third-order valence-corrected chi connectivity index (χ3v) is 6.48. The van der Waals surface area contributed by atoms with Crippen molar-refractivity contribution in [3.05, 3.63) is 117 Å². The minimum atomic E-state index is -0.0700. The highest BCUT2D eigenvalue weighted by Gasteiger charge is 2.19. The summed E-state index contributed by atoms with van der Waals surface area (Å²) in [5.74, 6) is -0.0912. The first kappa shape index (κ1) is 21.6. The third kappa shape index (κ3) is 5.73. The molecule has 4 rings (SSSR count). The Balaban J connectivity index is 1.46. The molecule has 0 fully saturated rings. The average Bonchev–Trinajstić information content (AvgIpc) is 3.22. The van der Waals surface area contributed by atoms with Crippen molar-refractivity contribution in [1.82, 2.24) is 4.98 Å². The van der Waals surface area contributed by atoms with Gasteiger partial charge >= 0.3 is 0 Å². The molecule has 1 heterocycles. The second kappa shape index (κ2) is 10.1. The van der Waals surface area contributed by atoms with Gasteiger partial charge in [0.1, 0.15) is 0 Å². The lowest BCUT2D eigenvalue weighted by atomic mass is 9.88. The number of nitrogens with zero attached hydrogens (tertiary/aromatic N) is 1. The van der Waals surface area contributed by atoms with E-state index in [0.717, 1.165) is 21.6 Å². The number of aromatic nitrogens is 1. The van der Waals surface area contributed by atoms with Gasteiger partial charge in [-0.2, -0.15) is 0 Å². The number of rotatable bonds is 7. The second-order valence-electron chi connectivity index (χ2n) is 7.17. The van der Waals surface area contributed by atoms with Gasteiger partial charge in [-0.3, -0.25) is 4.79 Å². The van der Waals surface area contributed by atoms with Gasteiger partial charge in [-0.25, -0.2) is 4.98 Å². The fraction of sp³-hybridized carbons (Fsp3) is 0.120.